The standard InChI is InChI=1S/C31H27N3O3/c1-37-24-12-14-27(28(17-24)31(35)36)25-10-6-5-9-21(25)15-23-19-34(18-20-7-3-2-4-8-20)29-16-22(30(32)33)11-13-26(23)29/h2-14,16-17,19H,15,18H2,1H3,(H3,32,33)(H,35,36). The summed E-state index contributed by atoms with van der Waals surface area (Å²) in [6, 6.07) is 29.1. The highest BCUT2D eigenvalue weighted by molar-refractivity contribution is 6.00. The molecule has 0 amide bonds. The van der Waals surface area contributed by atoms with Crippen molar-refractivity contribution >= 4 is 22.7 Å². The largest absolute Gasteiger partial charge is 0.497 e. The fourth-order valence-corrected chi connectivity index (χ4v) is 4.79. The third-order valence-electron chi connectivity index (χ3n) is 6.62. The van der Waals surface area contributed by atoms with Crippen LogP contribution in [-0.2, 0) is 13.0 Å². The molecule has 5 aromatic rings. The minimum atomic E-state index is -1.00. The second-order valence-electron chi connectivity index (χ2n) is 8.96. The zero-order valence-corrected chi connectivity index (χ0v) is 20.4. The van der Waals surface area contributed by atoms with Gasteiger partial charge in [-0.1, -0.05) is 66.7 Å². The van der Waals surface area contributed by atoms with Gasteiger partial charge in [0.25, 0.3) is 0 Å². The number of hydrogen-bond acceptors (Lipinski definition) is 3. The molecule has 5 rings (SSSR count). The van der Waals surface area contributed by atoms with E-state index in [1.54, 1.807) is 18.2 Å². The molecular formula is C31H27N3O3. The number of carbonyl (C=O) groups is 1. The van der Waals surface area contributed by atoms with Gasteiger partial charge in [-0.25, -0.2) is 4.79 Å². The fourth-order valence-electron chi connectivity index (χ4n) is 4.79. The van der Waals surface area contributed by atoms with Gasteiger partial charge in [-0.2, -0.15) is 0 Å². The molecule has 0 saturated heterocycles. The Kier molecular flexibility index (Phi) is 6.47. The Morgan fingerprint density at radius 2 is 1.68 bits per heavy atom. The van der Waals surface area contributed by atoms with Crippen LogP contribution in [0.3, 0.4) is 0 Å². The van der Waals surface area contributed by atoms with E-state index in [0.29, 0.717) is 29.8 Å². The minimum Gasteiger partial charge on any atom is -0.497 e. The van der Waals surface area contributed by atoms with E-state index in [2.05, 4.69) is 22.9 Å². The molecule has 4 N–H and O–H groups in total. The summed E-state index contributed by atoms with van der Waals surface area (Å²) in [5.41, 5.74) is 12.5. The van der Waals surface area contributed by atoms with Crippen molar-refractivity contribution in [2.24, 2.45) is 5.73 Å². The number of rotatable bonds is 8. The Labute approximate surface area is 215 Å². The van der Waals surface area contributed by atoms with Crippen molar-refractivity contribution in [1.82, 2.24) is 4.57 Å². The fraction of sp³-hybridized carbons (Fsp3) is 0.0968. The maximum Gasteiger partial charge on any atom is 0.336 e. The third kappa shape index (κ3) is 4.82. The zero-order valence-electron chi connectivity index (χ0n) is 20.4. The molecule has 0 saturated carbocycles. The lowest BCUT2D eigenvalue weighted by Gasteiger charge is -2.13. The van der Waals surface area contributed by atoms with Gasteiger partial charge in [0.2, 0.25) is 0 Å². The molecule has 6 nitrogen and oxygen atoms in total. The monoisotopic (exact) mass is 489 g/mol. The molecule has 0 aliphatic rings. The predicted octanol–water partition coefficient (Wildman–Crippen LogP) is 5.94. The Balaban J connectivity index is 1.61. The second-order valence-corrected chi connectivity index (χ2v) is 8.96. The summed E-state index contributed by atoms with van der Waals surface area (Å²) < 4.78 is 7.44. The lowest BCUT2D eigenvalue weighted by molar-refractivity contribution is 0.0697. The number of methoxy groups -OCH3 is 1. The van der Waals surface area contributed by atoms with Crippen LogP contribution in [0.15, 0.2) is 97.2 Å². The number of nitrogen functional groups attached to an aromatic ring is 1. The highest BCUT2D eigenvalue weighted by Crippen LogP contribution is 2.33. The number of benzene rings is 4. The summed E-state index contributed by atoms with van der Waals surface area (Å²) >= 11 is 0. The summed E-state index contributed by atoms with van der Waals surface area (Å²) in [6.07, 6.45) is 2.75. The average molecular weight is 490 g/mol. The van der Waals surface area contributed by atoms with Crippen LogP contribution in [0.4, 0.5) is 0 Å². The van der Waals surface area contributed by atoms with E-state index in [-0.39, 0.29) is 11.4 Å². The summed E-state index contributed by atoms with van der Waals surface area (Å²) in [5.74, 6) is -0.467. The van der Waals surface area contributed by atoms with E-state index in [0.717, 1.165) is 27.6 Å². The number of amidine groups is 1. The first kappa shape index (κ1) is 23.9. The number of nitrogens with zero attached hydrogens (tertiary/aromatic N) is 1. The Morgan fingerprint density at radius 3 is 2.41 bits per heavy atom. The maximum atomic E-state index is 12.1. The van der Waals surface area contributed by atoms with E-state index < -0.39 is 5.97 Å². The van der Waals surface area contributed by atoms with Crippen LogP contribution >= 0.6 is 0 Å². The van der Waals surface area contributed by atoms with E-state index in [4.69, 9.17) is 15.9 Å². The molecule has 1 heterocycles. The summed E-state index contributed by atoms with van der Waals surface area (Å²) in [7, 11) is 1.53. The number of carboxylic acids is 1. The van der Waals surface area contributed by atoms with Crippen molar-refractivity contribution in [3.8, 4) is 16.9 Å². The van der Waals surface area contributed by atoms with E-state index in [9.17, 15) is 9.90 Å². The van der Waals surface area contributed by atoms with Gasteiger partial charge in [-0.05, 0) is 52.1 Å². The van der Waals surface area contributed by atoms with Crippen LogP contribution in [0.2, 0.25) is 0 Å². The van der Waals surface area contributed by atoms with Gasteiger partial charge in [0.1, 0.15) is 11.6 Å². The highest BCUT2D eigenvalue weighted by atomic mass is 16.5. The number of hydrogen-bond donors (Lipinski definition) is 3. The molecule has 0 unspecified atom stereocenters. The van der Waals surface area contributed by atoms with Gasteiger partial charge in [0, 0.05) is 35.6 Å². The second kappa shape index (κ2) is 10.0. The van der Waals surface area contributed by atoms with Crippen LogP contribution in [0.25, 0.3) is 22.0 Å². The SMILES string of the molecule is COc1ccc(-c2ccccc2Cc2cn(Cc3ccccc3)c3cc(C(=N)N)ccc23)c(C(=O)O)c1. The number of nitrogens with two attached hydrogens (primary N) is 1. The first-order chi connectivity index (χ1) is 17.9. The topological polar surface area (TPSA) is 101 Å². The van der Waals surface area contributed by atoms with Crippen LogP contribution in [0, 0.1) is 5.41 Å². The van der Waals surface area contributed by atoms with Crippen LogP contribution in [-0.4, -0.2) is 28.6 Å². The normalized spacial score (nSPS) is 10.9. The van der Waals surface area contributed by atoms with Crippen molar-refractivity contribution < 1.29 is 14.6 Å². The molecule has 0 aliphatic carbocycles. The molecule has 0 bridgehead atoms. The number of aromatic nitrogens is 1. The summed E-state index contributed by atoms with van der Waals surface area (Å²) in [5, 5.41) is 18.9. The lowest BCUT2D eigenvalue weighted by atomic mass is 9.92. The molecule has 0 atom stereocenters. The molecular weight excluding hydrogens is 462 g/mol. The number of fused-ring (bicyclic) bond motifs is 1. The molecule has 6 heteroatoms. The molecule has 0 aliphatic heterocycles. The molecule has 184 valence electrons. The van der Waals surface area contributed by atoms with Gasteiger partial charge in [-0.3, -0.25) is 5.41 Å². The smallest absolute Gasteiger partial charge is 0.336 e. The first-order valence-corrected chi connectivity index (χ1v) is 11.9. The minimum absolute atomic E-state index is 0.0296. The van der Waals surface area contributed by atoms with Crippen molar-refractivity contribution in [2.45, 2.75) is 13.0 Å². The Bertz CT molecular complexity index is 1620. The molecule has 0 spiro atoms. The van der Waals surface area contributed by atoms with E-state index >= 15 is 0 Å². The van der Waals surface area contributed by atoms with Gasteiger partial charge in [0.05, 0.1) is 12.7 Å². The Hall–Kier alpha value is -4.84. The number of ether oxygens (including phenoxy) is 1. The molecule has 0 radical (unpaired) electrons. The van der Waals surface area contributed by atoms with Gasteiger partial charge < -0.3 is 20.1 Å². The van der Waals surface area contributed by atoms with Crippen molar-refractivity contribution in [1.29, 1.82) is 5.41 Å². The van der Waals surface area contributed by atoms with Crippen molar-refractivity contribution in [3.63, 3.8) is 0 Å². The summed E-state index contributed by atoms with van der Waals surface area (Å²) in [6.45, 7) is 0.683. The van der Waals surface area contributed by atoms with Crippen LogP contribution in [0.1, 0.15) is 32.6 Å². The maximum absolute atomic E-state index is 12.1. The number of aromatic carboxylic acids is 1. The lowest BCUT2D eigenvalue weighted by Crippen LogP contribution is -2.11. The van der Waals surface area contributed by atoms with Crippen LogP contribution < -0.4 is 10.5 Å². The van der Waals surface area contributed by atoms with Crippen molar-refractivity contribution in [3.05, 3.63) is 125 Å². The van der Waals surface area contributed by atoms with E-state index in [1.807, 2.05) is 60.7 Å². The molecule has 0 fully saturated rings. The average Bonchev–Trinajstić information content (AvgIpc) is 3.25. The Morgan fingerprint density at radius 1 is 0.919 bits per heavy atom. The molecule has 1 aromatic heterocycles. The molecule has 4 aromatic carbocycles. The molecule has 37 heavy (non-hydrogen) atoms. The number of nitrogens with one attached hydrogen (secondary N) is 1. The highest BCUT2D eigenvalue weighted by Gasteiger charge is 2.18. The summed E-state index contributed by atoms with van der Waals surface area (Å²) in [4.78, 5) is 12.1. The van der Waals surface area contributed by atoms with Gasteiger partial charge in [0.15, 0.2) is 0 Å². The van der Waals surface area contributed by atoms with Crippen LogP contribution in [0.5, 0.6) is 5.75 Å². The zero-order chi connectivity index (χ0) is 25.9. The van der Waals surface area contributed by atoms with Gasteiger partial charge >= 0.3 is 5.97 Å². The van der Waals surface area contributed by atoms with Gasteiger partial charge in [-0.15, -0.1) is 0 Å². The first-order valence-electron chi connectivity index (χ1n) is 11.9. The predicted molar refractivity (Wildman–Crippen MR) is 147 cm³/mol. The van der Waals surface area contributed by atoms with Crippen molar-refractivity contribution in [2.75, 3.05) is 7.11 Å². The quantitative estimate of drug-likeness (QED) is 0.185. The number of carboxylic acid groups (broad SMARTS) is 1. The van der Waals surface area contributed by atoms with E-state index in [1.165, 1.54) is 12.7 Å². The third-order valence-corrected chi connectivity index (χ3v) is 6.62.